The van der Waals surface area contributed by atoms with E-state index in [4.69, 9.17) is 4.74 Å². The first-order valence-corrected chi connectivity index (χ1v) is 12.0. The summed E-state index contributed by atoms with van der Waals surface area (Å²) in [7, 11) is 1.65. The molecule has 0 radical (unpaired) electrons. The van der Waals surface area contributed by atoms with Crippen LogP contribution in [0.3, 0.4) is 0 Å². The quantitative estimate of drug-likeness (QED) is 0.625. The topological polar surface area (TPSA) is 94.2 Å². The molecule has 4 rings (SSSR count). The molecule has 2 aromatic rings. The van der Waals surface area contributed by atoms with Gasteiger partial charge in [-0.2, -0.15) is 0 Å². The van der Waals surface area contributed by atoms with Gasteiger partial charge in [0.05, 0.1) is 20.1 Å². The van der Waals surface area contributed by atoms with Crippen molar-refractivity contribution in [1.82, 2.24) is 15.1 Å². The Hall–Kier alpha value is -3.59. The molecule has 0 spiro atoms. The summed E-state index contributed by atoms with van der Waals surface area (Å²) >= 11 is 0. The van der Waals surface area contributed by atoms with Gasteiger partial charge in [0.25, 0.3) is 0 Å². The first kappa shape index (κ1) is 24.5. The number of carbonyl (C=O) groups is 3. The molecule has 1 unspecified atom stereocenters. The molecule has 2 aliphatic heterocycles. The third kappa shape index (κ3) is 6.30. The summed E-state index contributed by atoms with van der Waals surface area (Å²) in [6.07, 6.45) is -0.0727. The average molecular weight is 480 g/mol. The fourth-order valence-corrected chi connectivity index (χ4v) is 4.57. The minimum absolute atomic E-state index is 0.0727. The number of rotatable bonds is 7. The average Bonchev–Trinajstić information content (AvgIpc) is 2.86. The van der Waals surface area contributed by atoms with Gasteiger partial charge >= 0.3 is 0 Å². The van der Waals surface area contributed by atoms with E-state index in [-0.39, 0.29) is 30.7 Å². The van der Waals surface area contributed by atoms with E-state index in [1.54, 1.807) is 18.1 Å². The van der Waals surface area contributed by atoms with Crippen molar-refractivity contribution in [2.24, 2.45) is 0 Å². The van der Waals surface area contributed by atoms with Crippen LogP contribution in [-0.2, 0) is 14.4 Å². The Labute approximate surface area is 206 Å². The molecule has 2 heterocycles. The first-order chi connectivity index (χ1) is 16.9. The summed E-state index contributed by atoms with van der Waals surface area (Å²) in [4.78, 5) is 44.4. The van der Waals surface area contributed by atoms with E-state index in [2.05, 4.69) is 20.4 Å². The molecular weight excluding hydrogens is 446 g/mol. The van der Waals surface area contributed by atoms with E-state index in [1.807, 2.05) is 49.4 Å². The highest BCUT2D eigenvalue weighted by atomic mass is 16.5. The van der Waals surface area contributed by atoms with Gasteiger partial charge in [0.1, 0.15) is 11.8 Å². The van der Waals surface area contributed by atoms with Crippen LogP contribution in [0.4, 0.5) is 11.4 Å². The number of anilines is 2. The van der Waals surface area contributed by atoms with Crippen molar-refractivity contribution < 1.29 is 19.1 Å². The monoisotopic (exact) mass is 479 g/mol. The molecule has 0 aliphatic carbocycles. The van der Waals surface area contributed by atoms with Crippen molar-refractivity contribution in [3.8, 4) is 5.75 Å². The molecule has 2 aromatic carbocycles. The maximum absolute atomic E-state index is 13.2. The van der Waals surface area contributed by atoms with Crippen molar-refractivity contribution in [3.05, 3.63) is 54.1 Å². The number of ether oxygens (including phenoxy) is 1. The van der Waals surface area contributed by atoms with Gasteiger partial charge in [0, 0.05) is 50.6 Å². The van der Waals surface area contributed by atoms with Gasteiger partial charge in [-0.1, -0.05) is 12.1 Å². The number of amides is 3. The Balaban J connectivity index is 1.31. The first-order valence-electron chi connectivity index (χ1n) is 12.0. The Kier molecular flexibility index (Phi) is 7.87. The Bertz CT molecular complexity index is 1050. The lowest BCUT2D eigenvalue weighted by molar-refractivity contribution is -0.145. The van der Waals surface area contributed by atoms with E-state index in [0.29, 0.717) is 18.8 Å². The summed E-state index contributed by atoms with van der Waals surface area (Å²) in [6, 6.07) is 14.7. The van der Waals surface area contributed by atoms with Crippen LogP contribution in [0.2, 0.25) is 0 Å². The number of carbonyl (C=O) groups excluding carboxylic acids is 3. The van der Waals surface area contributed by atoms with Gasteiger partial charge in [-0.25, -0.2) is 0 Å². The molecule has 2 saturated heterocycles. The predicted octanol–water partition coefficient (Wildman–Crippen LogP) is 1.48. The van der Waals surface area contributed by atoms with Crippen LogP contribution in [0, 0.1) is 6.92 Å². The van der Waals surface area contributed by atoms with Crippen LogP contribution >= 0.6 is 0 Å². The molecule has 2 N–H and O–H groups in total. The minimum Gasteiger partial charge on any atom is -0.497 e. The largest absolute Gasteiger partial charge is 0.497 e. The number of benzene rings is 2. The predicted molar refractivity (Wildman–Crippen MR) is 135 cm³/mol. The summed E-state index contributed by atoms with van der Waals surface area (Å²) in [6.45, 7) is 6.09. The highest BCUT2D eigenvalue weighted by Gasteiger charge is 2.35. The third-order valence-electron chi connectivity index (χ3n) is 6.50. The van der Waals surface area contributed by atoms with Gasteiger partial charge in [0.15, 0.2) is 0 Å². The van der Waals surface area contributed by atoms with E-state index in [9.17, 15) is 14.4 Å². The van der Waals surface area contributed by atoms with Crippen molar-refractivity contribution in [3.63, 3.8) is 0 Å². The molecule has 35 heavy (non-hydrogen) atoms. The molecule has 2 aliphatic rings. The second-order valence-corrected chi connectivity index (χ2v) is 8.98. The van der Waals surface area contributed by atoms with Crippen LogP contribution in [0.15, 0.2) is 48.5 Å². The fraction of sp³-hybridized carbons (Fsp3) is 0.423. The van der Waals surface area contributed by atoms with E-state index >= 15 is 0 Å². The molecule has 2 fully saturated rings. The maximum Gasteiger partial charge on any atom is 0.243 e. The van der Waals surface area contributed by atoms with Gasteiger partial charge in [-0.05, 0) is 48.9 Å². The van der Waals surface area contributed by atoms with E-state index < -0.39 is 6.04 Å². The normalized spacial score (nSPS) is 18.7. The van der Waals surface area contributed by atoms with Crippen LogP contribution in [0.1, 0.15) is 12.0 Å². The molecule has 0 bridgehead atoms. The van der Waals surface area contributed by atoms with Crippen molar-refractivity contribution >= 4 is 29.1 Å². The molecule has 1 atom stereocenters. The Morgan fingerprint density at radius 3 is 2.49 bits per heavy atom. The molecule has 9 heteroatoms. The summed E-state index contributed by atoms with van der Waals surface area (Å²) in [5.41, 5.74) is 2.84. The van der Waals surface area contributed by atoms with Gasteiger partial charge in [-0.3, -0.25) is 19.3 Å². The van der Waals surface area contributed by atoms with Crippen LogP contribution < -0.4 is 20.3 Å². The molecule has 3 amide bonds. The lowest BCUT2D eigenvalue weighted by atomic mass is 10.1. The van der Waals surface area contributed by atoms with Crippen LogP contribution in [-0.4, -0.2) is 86.5 Å². The number of hydrogen-bond acceptors (Lipinski definition) is 6. The lowest BCUT2D eigenvalue weighted by Crippen LogP contribution is -2.60. The van der Waals surface area contributed by atoms with Gasteiger partial charge in [0.2, 0.25) is 17.7 Å². The zero-order valence-electron chi connectivity index (χ0n) is 20.3. The molecule has 9 nitrogen and oxygen atoms in total. The van der Waals surface area contributed by atoms with Crippen molar-refractivity contribution in [2.45, 2.75) is 19.4 Å². The van der Waals surface area contributed by atoms with Crippen LogP contribution in [0.25, 0.3) is 0 Å². The summed E-state index contributed by atoms with van der Waals surface area (Å²) in [5.74, 6) is 0.133. The zero-order valence-corrected chi connectivity index (χ0v) is 20.3. The maximum atomic E-state index is 13.2. The SMILES string of the molecule is COc1ccc(N2CCN(CC(=O)N3CCNC(=O)C3CC(=O)Nc3cccc(C)c3)CC2)cc1. The van der Waals surface area contributed by atoms with E-state index in [1.165, 1.54) is 0 Å². The van der Waals surface area contributed by atoms with Gasteiger partial charge < -0.3 is 25.2 Å². The standard InChI is InChI=1S/C26H33N5O4/c1-19-4-3-5-20(16-19)28-24(32)17-23-26(34)27-10-11-31(23)25(33)18-29-12-14-30(15-13-29)21-6-8-22(35-2)9-7-21/h3-9,16,23H,10-15,17-18H2,1-2H3,(H,27,34)(H,28,32). The summed E-state index contributed by atoms with van der Waals surface area (Å²) < 4.78 is 5.23. The highest BCUT2D eigenvalue weighted by molar-refractivity contribution is 5.97. The number of aryl methyl sites for hydroxylation is 1. The number of methoxy groups -OCH3 is 1. The second kappa shape index (κ2) is 11.2. The summed E-state index contributed by atoms with van der Waals surface area (Å²) in [5, 5.41) is 5.63. The number of nitrogens with zero attached hydrogens (tertiary/aromatic N) is 3. The second-order valence-electron chi connectivity index (χ2n) is 8.98. The lowest BCUT2D eigenvalue weighted by Gasteiger charge is -2.39. The molecular formula is C26H33N5O4. The number of piperazine rings is 2. The number of nitrogens with one attached hydrogen (secondary N) is 2. The van der Waals surface area contributed by atoms with Crippen LogP contribution in [0.5, 0.6) is 5.75 Å². The highest BCUT2D eigenvalue weighted by Crippen LogP contribution is 2.21. The fourth-order valence-electron chi connectivity index (χ4n) is 4.57. The van der Waals surface area contributed by atoms with Crippen molar-refractivity contribution in [2.75, 3.05) is 63.1 Å². The third-order valence-corrected chi connectivity index (χ3v) is 6.50. The number of hydrogen-bond donors (Lipinski definition) is 2. The zero-order chi connectivity index (χ0) is 24.8. The Morgan fingerprint density at radius 1 is 1.06 bits per heavy atom. The van der Waals surface area contributed by atoms with Crippen molar-refractivity contribution in [1.29, 1.82) is 0 Å². The van der Waals surface area contributed by atoms with Gasteiger partial charge in [-0.15, -0.1) is 0 Å². The molecule has 0 saturated carbocycles. The smallest absolute Gasteiger partial charge is 0.243 e. The Morgan fingerprint density at radius 2 is 1.80 bits per heavy atom. The molecule has 186 valence electrons. The minimum atomic E-state index is -0.804. The van der Waals surface area contributed by atoms with E-state index in [0.717, 1.165) is 43.2 Å². The molecule has 0 aromatic heterocycles.